The maximum Gasteiger partial charge on any atom is 0.410 e. The molecule has 1 aliphatic rings. The number of ether oxygens (including phenoxy) is 2. The Labute approximate surface area is 159 Å². The van der Waals surface area contributed by atoms with Crippen molar-refractivity contribution in [3.63, 3.8) is 0 Å². The van der Waals surface area contributed by atoms with E-state index in [0.717, 1.165) is 12.0 Å². The van der Waals surface area contributed by atoms with E-state index in [1.165, 1.54) is 0 Å². The van der Waals surface area contributed by atoms with Crippen LogP contribution in [0, 0.1) is 0 Å². The van der Waals surface area contributed by atoms with Gasteiger partial charge in [-0.2, -0.15) is 0 Å². The molecular formula is C20H27NO6. The fourth-order valence-corrected chi connectivity index (χ4v) is 3.04. The molecule has 2 atom stereocenters. The molecule has 7 heteroatoms. The lowest BCUT2D eigenvalue weighted by atomic mass is 9.99. The van der Waals surface area contributed by atoms with Gasteiger partial charge in [-0.1, -0.05) is 42.5 Å². The number of hydrogen-bond donors (Lipinski definition) is 2. The van der Waals surface area contributed by atoms with Crippen LogP contribution in [-0.4, -0.2) is 65.7 Å². The minimum atomic E-state index is -1.02. The number of aliphatic hydroxyl groups excluding tert-OH is 1. The summed E-state index contributed by atoms with van der Waals surface area (Å²) in [5, 5.41) is 18.8. The SMILES string of the molecule is O=C(O)COC/C=C\CN1C(=O)OCC[C@@H]1CCC(O)Cc1ccccc1. The molecule has 7 nitrogen and oxygen atoms in total. The molecule has 0 saturated carbocycles. The highest BCUT2D eigenvalue weighted by Gasteiger charge is 2.28. The first kappa shape index (κ1) is 20.9. The number of carboxylic acids is 1. The number of benzene rings is 1. The number of amides is 1. The third-order valence-electron chi connectivity index (χ3n) is 4.41. The third-order valence-corrected chi connectivity index (χ3v) is 4.41. The molecule has 1 aliphatic heterocycles. The first-order valence-electron chi connectivity index (χ1n) is 9.16. The van der Waals surface area contributed by atoms with Crippen molar-refractivity contribution in [3.05, 3.63) is 48.0 Å². The number of carbonyl (C=O) groups is 2. The normalized spacial score (nSPS) is 18.5. The Morgan fingerprint density at radius 3 is 2.85 bits per heavy atom. The first-order chi connectivity index (χ1) is 13.1. The Morgan fingerprint density at radius 2 is 2.11 bits per heavy atom. The summed E-state index contributed by atoms with van der Waals surface area (Å²) in [6.45, 7) is 0.586. The largest absolute Gasteiger partial charge is 0.480 e. The predicted molar refractivity (Wildman–Crippen MR) is 99.4 cm³/mol. The number of carbonyl (C=O) groups excluding carboxylic acids is 1. The quantitative estimate of drug-likeness (QED) is 0.453. The van der Waals surface area contributed by atoms with Gasteiger partial charge in [-0.15, -0.1) is 0 Å². The van der Waals surface area contributed by atoms with Gasteiger partial charge in [0.2, 0.25) is 0 Å². The topological polar surface area (TPSA) is 96.3 Å². The number of rotatable bonds is 11. The number of carboxylic acid groups (broad SMARTS) is 1. The summed E-state index contributed by atoms with van der Waals surface area (Å²) < 4.78 is 10.0. The molecule has 2 rings (SSSR count). The highest BCUT2D eigenvalue weighted by atomic mass is 16.6. The van der Waals surface area contributed by atoms with E-state index in [-0.39, 0.29) is 25.3 Å². The standard InChI is InChI=1S/C20H27NO6/c22-18(14-16-6-2-1-3-7-16)9-8-17-10-13-27-20(25)21(17)11-4-5-12-26-15-19(23)24/h1-7,17-18,22H,8-15H2,(H,23,24)/b5-4-/t17-,18?/m0/s1. The van der Waals surface area contributed by atoms with Crippen LogP contribution in [-0.2, 0) is 20.7 Å². The number of nitrogens with zero attached hydrogens (tertiary/aromatic N) is 1. The Kier molecular flexibility index (Phi) is 8.80. The van der Waals surface area contributed by atoms with Gasteiger partial charge in [-0.25, -0.2) is 9.59 Å². The lowest BCUT2D eigenvalue weighted by molar-refractivity contribution is -0.141. The van der Waals surface area contributed by atoms with E-state index in [1.807, 2.05) is 30.3 Å². The molecule has 1 saturated heterocycles. The predicted octanol–water partition coefficient (Wildman–Crippen LogP) is 2.24. The van der Waals surface area contributed by atoms with Crippen LogP contribution in [0.5, 0.6) is 0 Å². The zero-order valence-corrected chi connectivity index (χ0v) is 15.3. The van der Waals surface area contributed by atoms with Crippen LogP contribution in [0.1, 0.15) is 24.8 Å². The van der Waals surface area contributed by atoms with E-state index in [4.69, 9.17) is 14.6 Å². The maximum absolute atomic E-state index is 12.0. The fourth-order valence-electron chi connectivity index (χ4n) is 3.04. The molecule has 27 heavy (non-hydrogen) atoms. The van der Waals surface area contributed by atoms with Crippen molar-refractivity contribution >= 4 is 12.1 Å². The van der Waals surface area contributed by atoms with E-state index in [1.54, 1.807) is 17.1 Å². The Morgan fingerprint density at radius 1 is 1.33 bits per heavy atom. The molecule has 1 heterocycles. The summed E-state index contributed by atoms with van der Waals surface area (Å²) in [7, 11) is 0. The average molecular weight is 377 g/mol. The van der Waals surface area contributed by atoms with Crippen molar-refractivity contribution in [2.75, 3.05) is 26.4 Å². The smallest absolute Gasteiger partial charge is 0.410 e. The molecular weight excluding hydrogens is 350 g/mol. The van der Waals surface area contributed by atoms with E-state index >= 15 is 0 Å². The maximum atomic E-state index is 12.0. The number of hydrogen-bond acceptors (Lipinski definition) is 5. The lowest BCUT2D eigenvalue weighted by Gasteiger charge is -2.34. The molecule has 1 aromatic rings. The van der Waals surface area contributed by atoms with Crippen LogP contribution < -0.4 is 0 Å². The second kappa shape index (κ2) is 11.4. The molecule has 2 N–H and O–H groups in total. The van der Waals surface area contributed by atoms with Gasteiger partial charge in [0.15, 0.2) is 0 Å². The van der Waals surface area contributed by atoms with Crippen LogP contribution in [0.2, 0.25) is 0 Å². The zero-order valence-electron chi connectivity index (χ0n) is 15.3. The van der Waals surface area contributed by atoms with Crippen molar-refractivity contribution in [2.24, 2.45) is 0 Å². The van der Waals surface area contributed by atoms with Crippen molar-refractivity contribution < 1.29 is 29.3 Å². The van der Waals surface area contributed by atoms with Crippen molar-refractivity contribution in [1.82, 2.24) is 4.90 Å². The average Bonchev–Trinajstić information content (AvgIpc) is 2.65. The Bertz CT molecular complexity index is 618. The molecule has 0 spiro atoms. The monoisotopic (exact) mass is 377 g/mol. The number of aliphatic hydroxyl groups is 1. The Balaban J connectivity index is 1.77. The van der Waals surface area contributed by atoms with Gasteiger partial charge in [0, 0.05) is 19.0 Å². The van der Waals surface area contributed by atoms with E-state index in [9.17, 15) is 14.7 Å². The molecule has 148 valence electrons. The second-order valence-electron chi connectivity index (χ2n) is 6.51. The van der Waals surface area contributed by atoms with Gasteiger partial charge < -0.3 is 24.6 Å². The molecule has 1 amide bonds. The van der Waals surface area contributed by atoms with Crippen LogP contribution in [0.15, 0.2) is 42.5 Å². The molecule has 1 aromatic carbocycles. The third kappa shape index (κ3) is 7.80. The minimum Gasteiger partial charge on any atom is -0.480 e. The van der Waals surface area contributed by atoms with Gasteiger partial charge in [0.05, 0.1) is 19.3 Å². The summed E-state index contributed by atoms with van der Waals surface area (Å²) in [5.41, 5.74) is 1.09. The zero-order chi connectivity index (χ0) is 19.5. The van der Waals surface area contributed by atoms with Crippen molar-refractivity contribution in [1.29, 1.82) is 0 Å². The van der Waals surface area contributed by atoms with Crippen LogP contribution >= 0.6 is 0 Å². The van der Waals surface area contributed by atoms with Gasteiger partial charge in [0.1, 0.15) is 6.61 Å². The summed E-state index contributed by atoms with van der Waals surface area (Å²) in [4.78, 5) is 24.1. The molecule has 1 unspecified atom stereocenters. The molecule has 0 aliphatic carbocycles. The summed E-state index contributed by atoms with van der Waals surface area (Å²) in [6, 6.07) is 9.85. The minimum absolute atomic E-state index is 0.0151. The molecule has 0 radical (unpaired) electrons. The first-order valence-corrected chi connectivity index (χ1v) is 9.16. The highest BCUT2D eigenvalue weighted by Crippen LogP contribution is 2.20. The fraction of sp³-hybridized carbons (Fsp3) is 0.500. The van der Waals surface area contributed by atoms with Crippen LogP contribution in [0.25, 0.3) is 0 Å². The van der Waals surface area contributed by atoms with Gasteiger partial charge in [0.25, 0.3) is 0 Å². The Hall–Kier alpha value is -2.38. The number of cyclic esters (lactones) is 1. The summed E-state index contributed by atoms with van der Waals surface area (Å²) in [6.07, 6.45) is 5.27. The van der Waals surface area contributed by atoms with Gasteiger partial charge >= 0.3 is 12.1 Å². The molecule has 0 aromatic heterocycles. The highest BCUT2D eigenvalue weighted by molar-refractivity contribution is 5.69. The van der Waals surface area contributed by atoms with E-state index in [2.05, 4.69) is 0 Å². The van der Waals surface area contributed by atoms with Crippen molar-refractivity contribution in [2.45, 2.75) is 37.8 Å². The van der Waals surface area contributed by atoms with E-state index in [0.29, 0.717) is 32.4 Å². The summed E-state index contributed by atoms with van der Waals surface area (Å²) in [5.74, 6) is -1.02. The second-order valence-corrected chi connectivity index (χ2v) is 6.51. The van der Waals surface area contributed by atoms with Gasteiger partial charge in [-0.05, 0) is 24.8 Å². The summed E-state index contributed by atoms with van der Waals surface area (Å²) >= 11 is 0. The van der Waals surface area contributed by atoms with Crippen LogP contribution in [0.3, 0.4) is 0 Å². The van der Waals surface area contributed by atoms with Crippen molar-refractivity contribution in [3.8, 4) is 0 Å². The molecule has 0 bridgehead atoms. The molecule has 1 fully saturated rings. The number of aliphatic carboxylic acids is 1. The lowest BCUT2D eigenvalue weighted by Crippen LogP contribution is -2.46. The van der Waals surface area contributed by atoms with E-state index < -0.39 is 12.1 Å². The van der Waals surface area contributed by atoms with Crippen LogP contribution in [0.4, 0.5) is 4.79 Å². The van der Waals surface area contributed by atoms with Gasteiger partial charge in [-0.3, -0.25) is 0 Å².